The highest BCUT2D eigenvalue weighted by atomic mass is 16.2. The molecule has 2 N–H and O–H groups in total. The van der Waals surface area contributed by atoms with Gasteiger partial charge in [-0.3, -0.25) is 10.1 Å². The Morgan fingerprint density at radius 2 is 1.50 bits per heavy atom. The molecule has 0 atom stereocenters. The van der Waals surface area contributed by atoms with E-state index in [0.717, 1.165) is 4.90 Å². The van der Waals surface area contributed by atoms with Gasteiger partial charge in [0.2, 0.25) is 0 Å². The Labute approximate surface area is 139 Å². The van der Waals surface area contributed by atoms with Crippen LogP contribution in [-0.2, 0) is 10.3 Å². The second-order valence-electron chi connectivity index (χ2n) is 5.37. The van der Waals surface area contributed by atoms with Gasteiger partial charge in [0.1, 0.15) is 0 Å². The highest BCUT2D eigenvalue weighted by Gasteiger charge is 2.58. The lowest BCUT2D eigenvalue weighted by Gasteiger charge is -2.34. The molecule has 2 aromatic carbocycles. The molecule has 1 fully saturated rings. The molecule has 0 saturated carbocycles. The van der Waals surface area contributed by atoms with E-state index in [1.807, 2.05) is 12.1 Å². The first-order valence-electron chi connectivity index (χ1n) is 7.67. The number of hydrogen-bond donors (Lipinski definition) is 2. The minimum Gasteiger partial charge on any atom is -0.338 e. The highest BCUT2D eigenvalue weighted by molar-refractivity contribution is 6.15. The summed E-state index contributed by atoms with van der Waals surface area (Å²) in [6.45, 7) is 2.09. The fourth-order valence-electron chi connectivity index (χ4n) is 3.02. The van der Waals surface area contributed by atoms with Crippen LogP contribution in [0.5, 0.6) is 0 Å². The standard InChI is InChI=1S/C18H17N3O3/c1-2-19-16(23)21-17(24)20-15(22)18(21,13-9-5-3-6-10-13)14-11-7-4-8-12-14/h3-12H,2H2,1H3,(H,19,23)(H,20,22,24). The summed E-state index contributed by atoms with van der Waals surface area (Å²) in [5, 5.41) is 4.89. The molecule has 0 aliphatic carbocycles. The molecule has 6 heteroatoms. The van der Waals surface area contributed by atoms with Crippen molar-refractivity contribution >= 4 is 18.0 Å². The van der Waals surface area contributed by atoms with Crippen molar-refractivity contribution in [2.24, 2.45) is 0 Å². The van der Waals surface area contributed by atoms with Crippen molar-refractivity contribution in [2.45, 2.75) is 12.5 Å². The van der Waals surface area contributed by atoms with Crippen LogP contribution in [0.4, 0.5) is 9.59 Å². The molecule has 2 aromatic rings. The maximum Gasteiger partial charge on any atom is 0.333 e. The first-order chi connectivity index (χ1) is 11.6. The normalized spacial score (nSPS) is 16.0. The number of imide groups is 2. The van der Waals surface area contributed by atoms with Crippen LogP contribution in [0.1, 0.15) is 18.1 Å². The average molecular weight is 323 g/mol. The van der Waals surface area contributed by atoms with Gasteiger partial charge in [0.15, 0.2) is 5.54 Å². The van der Waals surface area contributed by atoms with E-state index >= 15 is 0 Å². The fraction of sp³-hybridized carbons (Fsp3) is 0.167. The lowest BCUT2D eigenvalue weighted by atomic mass is 9.81. The lowest BCUT2D eigenvalue weighted by Crippen LogP contribution is -2.54. The monoisotopic (exact) mass is 323 g/mol. The van der Waals surface area contributed by atoms with Crippen LogP contribution >= 0.6 is 0 Å². The van der Waals surface area contributed by atoms with Crippen LogP contribution < -0.4 is 10.6 Å². The van der Waals surface area contributed by atoms with E-state index in [0.29, 0.717) is 17.7 Å². The smallest absolute Gasteiger partial charge is 0.333 e. The van der Waals surface area contributed by atoms with Crippen molar-refractivity contribution in [1.82, 2.24) is 15.5 Å². The van der Waals surface area contributed by atoms with E-state index < -0.39 is 23.5 Å². The molecule has 0 radical (unpaired) electrons. The zero-order valence-electron chi connectivity index (χ0n) is 13.2. The second kappa shape index (κ2) is 6.16. The molecule has 3 rings (SSSR count). The fourth-order valence-corrected chi connectivity index (χ4v) is 3.02. The Morgan fingerprint density at radius 3 is 1.96 bits per heavy atom. The van der Waals surface area contributed by atoms with Crippen LogP contribution in [-0.4, -0.2) is 29.4 Å². The predicted octanol–water partition coefficient (Wildman–Crippen LogP) is 2.21. The van der Waals surface area contributed by atoms with Crippen molar-refractivity contribution in [3.63, 3.8) is 0 Å². The van der Waals surface area contributed by atoms with Gasteiger partial charge >= 0.3 is 12.1 Å². The SMILES string of the molecule is CCNC(=O)N1C(=O)NC(=O)C1(c1ccccc1)c1ccccc1. The number of urea groups is 2. The van der Waals surface area contributed by atoms with E-state index in [9.17, 15) is 14.4 Å². The number of rotatable bonds is 3. The minimum absolute atomic E-state index is 0.344. The van der Waals surface area contributed by atoms with Gasteiger partial charge in [0.05, 0.1) is 0 Å². The van der Waals surface area contributed by atoms with Crippen molar-refractivity contribution in [3.8, 4) is 0 Å². The highest BCUT2D eigenvalue weighted by Crippen LogP contribution is 2.39. The summed E-state index contributed by atoms with van der Waals surface area (Å²) in [7, 11) is 0. The molecule has 5 amide bonds. The summed E-state index contributed by atoms with van der Waals surface area (Å²) in [6.07, 6.45) is 0. The van der Waals surface area contributed by atoms with Crippen LogP contribution in [0.15, 0.2) is 60.7 Å². The summed E-state index contributed by atoms with van der Waals surface area (Å²) >= 11 is 0. The van der Waals surface area contributed by atoms with Crippen molar-refractivity contribution in [3.05, 3.63) is 71.8 Å². The summed E-state index contributed by atoms with van der Waals surface area (Å²) in [6, 6.07) is 16.3. The quantitative estimate of drug-likeness (QED) is 0.850. The van der Waals surface area contributed by atoms with Gasteiger partial charge in [-0.2, -0.15) is 0 Å². The Hall–Kier alpha value is -3.15. The number of hydrogen-bond acceptors (Lipinski definition) is 3. The number of carbonyl (C=O) groups excluding carboxylic acids is 3. The molecule has 0 bridgehead atoms. The van der Waals surface area contributed by atoms with E-state index in [2.05, 4.69) is 10.6 Å². The molecule has 1 aliphatic rings. The van der Waals surface area contributed by atoms with Gasteiger partial charge in [0.25, 0.3) is 5.91 Å². The minimum atomic E-state index is -1.53. The molecule has 0 spiro atoms. The summed E-state index contributed by atoms with van der Waals surface area (Å²) in [5.41, 5.74) is -0.435. The zero-order chi connectivity index (χ0) is 17.2. The van der Waals surface area contributed by atoms with Crippen molar-refractivity contribution in [2.75, 3.05) is 6.54 Å². The molecule has 6 nitrogen and oxygen atoms in total. The Balaban J connectivity index is 2.29. The van der Waals surface area contributed by atoms with Crippen LogP contribution in [0.2, 0.25) is 0 Å². The zero-order valence-corrected chi connectivity index (χ0v) is 13.2. The second-order valence-corrected chi connectivity index (χ2v) is 5.37. The third-order valence-corrected chi connectivity index (χ3v) is 4.00. The molecule has 1 saturated heterocycles. The van der Waals surface area contributed by atoms with Gasteiger partial charge in [-0.05, 0) is 18.1 Å². The predicted molar refractivity (Wildman–Crippen MR) is 88.1 cm³/mol. The van der Waals surface area contributed by atoms with Gasteiger partial charge in [-0.25, -0.2) is 14.5 Å². The molecule has 122 valence electrons. The van der Waals surface area contributed by atoms with Gasteiger partial charge < -0.3 is 5.32 Å². The number of nitrogens with one attached hydrogen (secondary N) is 2. The Morgan fingerprint density at radius 1 is 1.00 bits per heavy atom. The van der Waals surface area contributed by atoms with Gasteiger partial charge in [-0.15, -0.1) is 0 Å². The first kappa shape index (κ1) is 15.7. The van der Waals surface area contributed by atoms with Crippen molar-refractivity contribution < 1.29 is 14.4 Å². The van der Waals surface area contributed by atoms with E-state index in [1.54, 1.807) is 55.5 Å². The van der Waals surface area contributed by atoms with Gasteiger partial charge in [-0.1, -0.05) is 60.7 Å². The molecule has 0 aromatic heterocycles. The number of benzene rings is 2. The first-order valence-corrected chi connectivity index (χ1v) is 7.67. The summed E-state index contributed by atoms with van der Waals surface area (Å²) in [4.78, 5) is 38.8. The van der Waals surface area contributed by atoms with E-state index in [1.165, 1.54) is 0 Å². The van der Waals surface area contributed by atoms with E-state index in [-0.39, 0.29) is 0 Å². The maximum atomic E-state index is 12.9. The number of carbonyl (C=O) groups is 3. The van der Waals surface area contributed by atoms with Crippen LogP contribution in [0.25, 0.3) is 0 Å². The molecular formula is C18H17N3O3. The lowest BCUT2D eigenvalue weighted by molar-refractivity contribution is -0.124. The molecule has 24 heavy (non-hydrogen) atoms. The van der Waals surface area contributed by atoms with Crippen LogP contribution in [0, 0.1) is 0 Å². The molecular weight excluding hydrogens is 306 g/mol. The van der Waals surface area contributed by atoms with Gasteiger partial charge in [0, 0.05) is 6.54 Å². The van der Waals surface area contributed by atoms with Crippen molar-refractivity contribution in [1.29, 1.82) is 0 Å². The summed E-state index contributed by atoms with van der Waals surface area (Å²) in [5.74, 6) is -0.545. The maximum absolute atomic E-state index is 12.9. The van der Waals surface area contributed by atoms with Crippen LogP contribution in [0.3, 0.4) is 0 Å². The summed E-state index contributed by atoms with van der Waals surface area (Å²) < 4.78 is 0. The Kier molecular flexibility index (Phi) is 4.04. The third kappa shape index (κ3) is 2.23. The molecule has 1 aliphatic heterocycles. The number of amides is 5. The Bertz CT molecular complexity index is 735. The average Bonchev–Trinajstić information content (AvgIpc) is 2.88. The third-order valence-electron chi connectivity index (χ3n) is 4.00. The molecule has 0 unspecified atom stereocenters. The van der Waals surface area contributed by atoms with E-state index in [4.69, 9.17) is 0 Å². The number of nitrogens with zero attached hydrogens (tertiary/aromatic N) is 1. The topological polar surface area (TPSA) is 78.5 Å². The largest absolute Gasteiger partial charge is 0.338 e. The molecule has 1 heterocycles.